The normalized spacial score (nSPS) is 13.8. The molecule has 0 heterocycles. The molecule has 0 radical (unpaired) electrons. The van der Waals surface area contributed by atoms with Gasteiger partial charge in [0, 0.05) is 5.92 Å². The first kappa shape index (κ1) is 48.0. The summed E-state index contributed by atoms with van der Waals surface area (Å²) in [5, 5.41) is 50.6. The molecule has 0 fully saturated rings. The number of primary amides is 1. The molecule has 6 amide bonds. The van der Waals surface area contributed by atoms with E-state index in [4.69, 9.17) is 5.73 Å². The summed E-state index contributed by atoms with van der Waals surface area (Å²) in [5.41, 5.74) is 6.82. The lowest BCUT2D eigenvalue weighted by molar-refractivity contribution is -0.144. The van der Waals surface area contributed by atoms with Gasteiger partial charge in [0.25, 0.3) is 0 Å². The van der Waals surface area contributed by atoms with E-state index < -0.39 is 108 Å². The second kappa shape index (κ2) is 22.5. The number of phenolic OH excluding ortho intramolecular Hbond substituents is 2. The van der Waals surface area contributed by atoms with E-state index in [1.807, 2.05) is 0 Å². The monoisotopic (exact) mass is 812 g/mol. The van der Waals surface area contributed by atoms with Crippen LogP contribution in [-0.4, -0.2) is 98.0 Å². The Balaban J connectivity index is 2.30. The van der Waals surface area contributed by atoms with Crippen LogP contribution in [0.5, 0.6) is 11.5 Å². The molecule has 58 heavy (non-hydrogen) atoms. The van der Waals surface area contributed by atoms with Crippen molar-refractivity contribution in [3.63, 3.8) is 0 Å². The summed E-state index contributed by atoms with van der Waals surface area (Å²) in [6.45, 7) is 9.96. The number of phenols is 2. The van der Waals surface area contributed by atoms with Gasteiger partial charge < -0.3 is 52.7 Å². The van der Waals surface area contributed by atoms with E-state index >= 15 is 0 Å². The predicted octanol–water partition coefficient (Wildman–Crippen LogP) is 0.716. The van der Waals surface area contributed by atoms with Crippen molar-refractivity contribution in [2.75, 3.05) is 0 Å². The molecular formula is C40H56N6O12. The summed E-state index contributed by atoms with van der Waals surface area (Å²) in [7, 11) is 0. The molecule has 18 nitrogen and oxygen atoms in total. The molecule has 0 spiro atoms. The number of hydrogen-bond acceptors (Lipinski definition) is 10. The lowest BCUT2D eigenvalue weighted by Gasteiger charge is -2.29. The molecule has 0 unspecified atom stereocenters. The van der Waals surface area contributed by atoms with Crippen LogP contribution in [0, 0.1) is 23.7 Å². The van der Waals surface area contributed by atoms with Gasteiger partial charge in [0.05, 0.1) is 12.8 Å². The summed E-state index contributed by atoms with van der Waals surface area (Å²) in [6.07, 6.45) is -1.31. The number of carbonyl (C=O) groups is 8. The first-order valence-corrected chi connectivity index (χ1v) is 18.9. The number of nitrogens with two attached hydrogens (primary N) is 1. The van der Waals surface area contributed by atoms with E-state index in [1.165, 1.54) is 24.3 Å². The number of aliphatic carboxylic acids is 2. The Bertz CT molecular complexity index is 1720. The summed E-state index contributed by atoms with van der Waals surface area (Å²) in [5.74, 6) is -10.4. The van der Waals surface area contributed by atoms with E-state index in [1.54, 1.807) is 65.8 Å². The smallest absolute Gasteiger partial charge is 0.326 e. The minimum Gasteiger partial charge on any atom is -0.508 e. The molecule has 0 aromatic heterocycles. The Hall–Kier alpha value is -6.20. The SMILES string of the molecule is CC(C)C[C@H](NC(=O)[C@H](CC(=O)O)NC(=O)[C@H](CC(N)=O)NC(=O)[C@@H](NC(=O)[C@@H](NC(=O)C(Cc1ccc(O)cc1)Cc1ccc(O)cc1)C(C)C)C(C)C)C(=O)O. The maximum atomic E-state index is 13.9. The van der Waals surface area contributed by atoms with Crippen molar-refractivity contribution in [3.8, 4) is 11.5 Å². The lowest BCUT2D eigenvalue weighted by atomic mass is 9.90. The molecule has 2 aromatic carbocycles. The van der Waals surface area contributed by atoms with Crippen molar-refractivity contribution in [2.45, 2.75) is 104 Å². The van der Waals surface area contributed by atoms with Gasteiger partial charge in [-0.2, -0.15) is 0 Å². The highest BCUT2D eigenvalue weighted by molar-refractivity contribution is 5.98. The number of aromatic hydroxyl groups is 2. The number of carboxylic acids is 2. The fourth-order valence-corrected chi connectivity index (χ4v) is 5.97. The van der Waals surface area contributed by atoms with E-state index in [2.05, 4.69) is 26.6 Å². The molecule has 0 aliphatic carbocycles. The Labute approximate surface area is 336 Å². The van der Waals surface area contributed by atoms with Gasteiger partial charge in [-0.3, -0.25) is 33.6 Å². The molecule has 11 N–H and O–H groups in total. The van der Waals surface area contributed by atoms with E-state index in [-0.39, 0.29) is 36.7 Å². The molecule has 2 rings (SSSR count). The quantitative estimate of drug-likeness (QED) is 0.0743. The minimum absolute atomic E-state index is 0.000970. The Kier molecular flexibility index (Phi) is 18.6. The predicted molar refractivity (Wildman–Crippen MR) is 210 cm³/mol. The van der Waals surface area contributed by atoms with Gasteiger partial charge >= 0.3 is 11.9 Å². The van der Waals surface area contributed by atoms with Crippen LogP contribution in [-0.2, 0) is 51.2 Å². The van der Waals surface area contributed by atoms with Crippen LogP contribution in [0.25, 0.3) is 0 Å². The third-order valence-electron chi connectivity index (χ3n) is 9.07. The number of rotatable bonds is 23. The highest BCUT2D eigenvalue weighted by Crippen LogP contribution is 2.20. The number of hydrogen-bond donors (Lipinski definition) is 10. The molecule has 0 bridgehead atoms. The molecule has 2 aromatic rings. The van der Waals surface area contributed by atoms with Crippen molar-refractivity contribution in [1.29, 1.82) is 0 Å². The fraction of sp³-hybridized carbons (Fsp3) is 0.500. The van der Waals surface area contributed by atoms with Crippen LogP contribution >= 0.6 is 0 Å². The zero-order valence-electron chi connectivity index (χ0n) is 33.5. The average molecular weight is 813 g/mol. The van der Waals surface area contributed by atoms with Gasteiger partial charge in [0.2, 0.25) is 35.4 Å². The molecule has 318 valence electrons. The van der Waals surface area contributed by atoms with Gasteiger partial charge in [0.1, 0.15) is 41.7 Å². The van der Waals surface area contributed by atoms with Crippen molar-refractivity contribution < 1.29 is 58.8 Å². The minimum atomic E-state index is -1.81. The zero-order valence-corrected chi connectivity index (χ0v) is 33.5. The van der Waals surface area contributed by atoms with Crippen molar-refractivity contribution in [1.82, 2.24) is 26.6 Å². The Morgan fingerprint density at radius 2 is 0.914 bits per heavy atom. The maximum absolute atomic E-state index is 13.9. The second-order valence-electron chi connectivity index (χ2n) is 15.3. The first-order valence-electron chi connectivity index (χ1n) is 18.9. The topological polar surface area (TPSA) is 304 Å². The highest BCUT2D eigenvalue weighted by atomic mass is 16.4. The third kappa shape index (κ3) is 16.1. The first-order chi connectivity index (χ1) is 27.1. The van der Waals surface area contributed by atoms with Crippen molar-refractivity contribution in [2.24, 2.45) is 29.4 Å². The van der Waals surface area contributed by atoms with E-state index in [9.17, 15) is 58.8 Å². The lowest BCUT2D eigenvalue weighted by Crippen LogP contribution is -2.61. The summed E-state index contributed by atoms with van der Waals surface area (Å²) >= 11 is 0. The molecule has 5 atom stereocenters. The van der Waals surface area contributed by atoms with Crippen molar-refractivity contribution in [3.05, 3.63) is 59.7 Å². The van der Waals surface area contributed by atoms with Gasteiger partial charge in [-0.15, -0.1) is 0 Å². The van der Waals surface area contributed by atoms with E-state index in [0.717, 1.165) is 11.1 Å². The molecule has 0 saturated heterocycles. The zero-order chi connectivity index (χ0) is 43.9. The van der Waals surface area contributed by atoms with Crippen LogP contribution in [0.1, 0.15) is 71.9 Å². The van der Waals surface area contributed by atoms with Crippen LogP contribution in [0.2, 0.25) is 0 Å². The number of amides is 6. The highest BCUT2D eigenvalue weighted by Gasteiger charge is 2.36. The van der Waals surface area contributed by atoms with Gasteiger partial charge in [-0.05, 0) is 72.4 Å². The fourth-order valence-electron chi connectivity index (χ4n) is 5.97. The molecule has 0 aliphatic heterocycles. The van der Waals surface area contributed by atoms with Crippen LogP contribution in [0.3, 0.4) is 0 Å². The average Bonchev–Trinajstić information content (AvgIpc) is 3.12. The summed E-state index contributed by atoms with van der Waals surface area (Å²) in [4.78, 5) is 103. The number of benzene rings is 2. The van der Waals surface area contributed by atoms with Crippen LogP contribution < -0.4 is 32.3 Å². The maximum Gasteiger partial charge on any atom is 0.326 e. The van der Waals surface area contributed by atoms with Gasteiger partial charge in [0.15, 0.2) is 0 Å². The van der Waals surface area contributed by atoms with Crippen LogP contribution in [0.15, 0.2) is 48.5 Å². The third-order valence-corrected chi connectivity index (χ3v) is 9.07. The summed E-state index contributed by atoms with van der Waals surface area (Å²) < 4.78 is 0. The van der Waals surface area contributed by atoms with Crippen LogP contribution in [0.4, 0.5) is 0 Å². The summed E-state index contributed by atoms with van der Waals surface area (Å²) in [6, 6.07) is 5.15. The number of nitrogens with one attached hydrogen (secondary N) is 5. The largest absolute Gasteiger partial charge is 0.508 e. The molecule has 0 saturated carbocycles. The molecule has 18 heteroatoms. The number of carboxylic acid groups (broad SMARTS) is 2. The standard InChI is InChI=1S/C40H56N6O12/c1-20(2)15-30(40(57)58)44-37(54)29(19-32(50)51)42-36(53)28(18-31(41)49)43-38(55)33(21(3)4)46-39(56)34(22(5)6)45-35(52)25(16-23-7-11-26(47)12-8-23)17-24-9-13-27(48)14-10-24/h7-14,20-22,25,28-30,33-34,47-48H,15-19H2,1-6H3,(H2,41,49)(H,42,53)(H,43,55)(H,44,54)(H,45,52)(H,46,56)(H,50,51)(H,57,58)/t28-,29-,30-,33-,34-/m0/s1. The molecular weight excluding hydrogens is 756 g/mol. The van der Waals surface area contributed by atoms with Gasteiger partial charge in [-0.25, -0.2) is 4.79 Å². The Morgan fingerprint density at radius 1 is 0.534 bits per heavy atom. The Morgan fingerprint density at radius 3 is 1.29 bits per heavy atom. The molecule has 0 aliphatic rings. The van der Waals surface area contributed by atoms with Crippen molar-refractivity contribution >= 4 is 47.4 Å². The van der Waals surface area contributed by atoms with E-state index in [0.29, 0.717) is 0 Å². The number of carbonyl (C=O) groups excluding carboxylic acids is 6. The second-order valence-corrected chi connectivity index (χ2v) is 15.3. The van der Waals surface area contributed by atoms with Gasteiger partial charge in [-0.1, -0.05) is 65.8 Å².